The van der Waals surface area contributed by atoms with Crippen molar-refractivity contribution in [2.75, 3.05) is 6.61 Å². The second-order valence-corrected chi connectivity index (χ2v) is 9.53. The number of hydrogen-bond acceptors (Lipinski definition) is 8. The van der Waals surface area contributed by atoms with Crippen LogP contribution in [0.4, 0.5) is 17.6 Å². The predicted octanol–water partition coefficient (Wildman–Crippen LogP) is 5.67. The highest BCUT2D eigenvalue weighted by atomic mass is 35.5. The molecule has 0 saturated carbocycles. The molecule has 1 aromatic carbocycles. The highest BCUT2D eigenvalue weighted by Gasteiger charge is 2.32. The van der Waals surface area contributed by atoms with Crippen LogP contribution in [-0.4, -0.2) is 49.1 Å². The van der Waals surface area contributed by atoms with E-state index < -0.39 is 41.2 Å². The summed E-state index contributed by atoms with van der Waals surface area (Å²) in [6.07, 6.45) is -0.807. The molecule has 0 bridgehead atoms. The fraction of sp³-hybridized carbons (Fsp3) is 0.267. The summed E-state index contributed by atoms with van der Waals surface area (Å²) in [5, 5.41) is 15.9. The molecule has 254 valence electrons. The average molecular weight is 704 g/mol. The van der Waals surface area contributed by atoms with Gasteiger partial charge in [0.15, 0.2) is 17.2 Å². The number of nitrogens with two attached hydrogens (primary N) is 1. The number of carboxylic acid groups (broad SMARTS) is 1. The summed E-state index contributed by atoms with van der Waals surface area (Å²) in [5.41, 5.74) is 6.54. The van der Waals surface area contributed by atoms with Crippen molar-refractivity contribution >= 4 is 48.3 Å². The molecule has 4 aromatic rings. The molecule has 0 spiro atoms. The first-order chi connectivity index (χ1) is 20.8. The SMILES string of the molecule is C.C=CCOC(=O)c1ccc2c(c1C)CC[C@@H]2NC(=O)c1cc(C(=O)O)nc2c(F)cnn12.Cl.Cl.NCc1cccc(C(F)(F)F)n1. The Balaban J connectivity index is 0.000000629. The number of rotatable bonds is 7. The number of carboxylic acids is 1. The molecule has 3 aromatic heterocycles. The molecule has 11 nitrogen and oxygen atoms in total. The van der Waals surface area contributed by atoms with Gasteiger partial charge in [-0.1, -0.05) is 32.2 Å². The molecule has 0 aliphatic heterocycles. The minimum Gasteiger partial charge on any atom is -0.477 e. The third-order valence-electron chi connectivity index (χ3n) is 6.74. The van der Waals surface area contributed by atoms with E-state index in [1.54, 1.807) is 12.1 Å². The second-order valence-electron chi connectivity index (χ2n) is 9.53. The van der Waals surface area contributed by atoms with Gasteiger partial charge in [0.25, 0.3) is 5.91 Å². The predicted molar refractivity (Wildman–Crippen MR) is 168 cm³/mol. The van der Waals surface area contributed by atoms with Gasteiger partial charge in [0.2, 0.25) is 0 Å². The van der Waals surface area contributed by atoms with Crippen molar-refractivity contribution in [3.05, 3.63) is 106 Å². The van der Waals surface area contributed by atoms with Crippen molar-refractivity contribution in [3.8, 4) is 0 Å². The van der Waals surface area contributed by atoms with Crippen LogP contribution in [-0.2, 0) is 23.9 Å². The Kier molecular flexibility index (Phi) is 14.5. The fourth-order valence-electron chi connectivity index (χ4n) is 4.65. The summed E-state index contributed by atoms with van der Waals surface area (Å²) in [5.74, 6) is -3.29. The van der Waals surface area contributed by atoms with Crippen LogP contribution in [0.1, 0.15) is 79.3 Å². The maximum Gasteiger partial charge on any atom is 0.433 e. The quantitative estimate of drug-likeness (QED) is 0.125. The largest absolute Gasteiger partial charge is 0.477 e. The van der Waals surface area contributed by atoms with Crippen molar-refractivity contribution < 1.29 is 41.8 Å². The van der Waals surface area contributed by atoms with Gasteiger partial charge in [0.05, 0.1) is 23.5 Å². The zero-order valence-corrected chi connectivity index (χ0v) is 25.6. The minimum atomic E-state index is -4.38. The third kappa shape index (κ3) is 9.02. The maximum absolute atomic E-state index is 13.9. The average Bonchev–Trinajstić information content (AvgIpc) is 3.59. The summed E-state index contributed by atoms with van der Waals surface area (Å²) >= 11 is 0. The number of aromatic carboxylic acids is 1. The number of carbonyl (C=O) groups excluding carboxylic acids is 2. The molecular formula is C30H32Cl2F4N6O5. The van der Waals surface area contributed by atoms with Crippen molar-refractivity contribution in [3.63, 3.8) is 0 Å². The van der Waals surface area contributed by atoms with E-state index in [0.717, 1.165) is 39.5 Å². The van der Waals surface area contributed by atoms with Crippen LogP contribution in [0.25, 0.3) is 5.65 Å². The number of nitrogens with zero attached hydrogens (tertiary/aromatic N) is 4. The Morgan fingerprint density at radius 2 is 1.89 bits per heavy atom. The van der Waals surface area contributed by atoms with E-state index in [2.05, 4.69) is 27.0 Å². The van der Waals surface area contributed by atoms with Crippen LogP contribution in [0.15, 0.2) is 55.3 Å². The summed E-state index contributed by atoms with van der Waals surface area (Å²) in [6, 6.07) is 7.76. The van der Waals surface area contributed by atoms with Crippen LogP contribution < -0.4 is 11.1 Å². The van der Waals surface area contributed by atoms with Crippen molar-refractivity contribution in [2.45, 2.75) is 46.0 Å². The standard InChI is InChI=1S/C22H19FN4O5.C7H7F3N2.CH4.2ClH/c1-3-8-32-22(31)13-4-5-14-12(11(13)2)6-7-16(14)26-20(28)18-9-17(21(29)30)25-19-15(23)10-24-27(18)19;8-7(9,10)6-3-1-2-5(4-11)12-6;;;/h3-5,9-10,16H,1,6-8H2,2H3,(H,26,28)(H,29,30);1-3H,4,11H2;1H4;2*1H/t16-;;;;/m0..../s1. The number of pyridine rings is 1. The summed E-state index contributed by atoms with van der Waals surface area (Å²) < 4.78 is 56.0. The lowest BCUT2D eigenvalue weighted by molar-refractivity contribution is -0.141. The number of aromatic nitrogens is 4. The van der Waals surface area contributed by atoms with Crippen molar-refractivity contribution in [1.82, 2.24) is 24.9 Å². The van der Waals surface area contributed by atoms with Crippen LogP contribution in [0.5, 0.6) is 0 Å². The number of fused-ring (bicyclic) bond motifs is 2. The summed E-state index contributed by atoms with van der Waals surface area (Å²) in [4.78, 5) is 43.6. The van der Waals surface area contributed by atoms with Gasteiger partial charge in [-0.3, -0.25) is 4.79 Å². The Labute approximate surface area is 279 Å². The van der Waals surface area contributed by atoms with E-state index in [-0.39, 0.29) is 68.5 Å². The Bertz CT molecular complexity index is 1770. The number of halogens is 6. The first-order valence-corrected chi connectivity index (χ1v) is 13.1. The molecule has 0 fully saturated rings. The van der Waals surface area contributed by atoms with E-state index in [1.165, 1.54) is 18.2 Å². The molecule has 1 aliphatic rings. The van der Waals surface area contributed by atoms with Gasteiger partial charge in [-0.05, 0) is 54.7 Å². The first kappa shape index (κ1) is 40.4. The van der Waals surface area contributed by atoms with E-state index >= 15 is 0 Å². The smallest absolute Gasteiger partial charge is 0.433 e. The number of esters is 1. The second kappa shape index (κ2) is 16.8. The lowest BCUT2D eigenvalue weighted by Gasteiger charge is -2.16. The van der Waals surface area contributed by atoms with Crippen LogP contribution >= 0.6 is 24.8 Å². The number of nitrogens with one attached hydrogen (secondary N) is 1. The number of benzene rings is 1. The number of amides is 1. The molecule has 0 radical (unpaired) electrons. The van der Waals surface area contributed by atoms with E-state index in [4.69, 9.17) is 10.5 Å². The molecule has 47 heavy (non-hydrogen) atoms. The van der Waals surface area contributed by atoms with Gasteiger partial charge in [0, 0.05) is 12.6 Å². The van der Waals surface area contributed by atoms with Crippen LogP contribution in [0.3, 0.4) is 0 Å². The molecule has 4 N–H and O–H groups in total. The Morgan fingerprint density at radius 1 is 1.19 bits per heavy atom. The lowest BCUT2D eigenvalue weighted by atomic mass is 9.98. The van der Waals surface area contributed by atoms with Gasteiger partial charge < -0.3 is 20.9 Å². The first-order valence-electron chi connectivity index (χ1n) is 13.1. The van der Waals surface area contributed by atoms with Gasteiger partial charge in [-0.2, -0.15) is 18.3 Å². The van der Waals surface area contributed by atoms with Gasteiger partial charge in [-0.15, -0.1) is 24.8 Å². The lowest BCUT2D eigenvalue weighted by Crippen LogP contribution is -2.29. The van der Waals surface area contributed by atoms with Crippen LogP contribution in [0.2, 0.25) is 0 Å². The molecule has 1 amide bonds. The molecule has 17 heteroatoms. The summed E-state index contributed by atoms with van der Waals surface area (Å²) in [7, 11) is 0. The highest BCUT2D eigenvalue weighted by molar-refractivity contribution is 5.96. The fourth-order valence-corrected chi connectivity index (χ4v) is 4.65. The minimum absolute atomic E-state index is 0. The molecule has 0 saturated heterocycles. The van der Waals surface area contributed by atoms with E-state index in [9.17, 15) is 37.1 Å². The number of ether oxygens (including phenoxy) is 1. The normalized spacial score (nSPS) is 13.0. The molecule has 0 unspecified atom stereocenters. The van der Waals surface area contributed by atoms with Gasteiger partial charge in [-0.25, -0.2) is 28.5 Å². The summed E-state index contributed by atoms with van der Waals surface area (Å²) in [6.45, 7) is 5.48. The van der Waals surface area contributed by atoms with Crippen molar-refractivity contribution in [2.24, 2.45) is 5.73 Å². The van der Waals surface area contributed by atoms with Crippen molar-refractivity contribution in [1.29, 1.82) is 0 Å². The van der Waals surface area contributed by atoms with E-state index in [1.807, 2.05) is 6.92 Å². The number of hydrogen-bond donors (Lipinski definition) is 3. The molecular weight excluding hydrogens is 671 g/mol. The molecule has 1 atom stereocenters. The molecule has 1 aliphatic carbocycles. The monoisotopic (exact) mass is 702 g/mol. The highest BCUT2D eigenvalue weighted by Crippen LogP contribution is 2.35. The zero-order chi connectivity index (χ0) is 32.2. The van der Waals surface area contributed by atoms with Gasteiger partial charge in [0.1, 0.15) is 18.0 Å². The topological polar surface area (TPSA) is 162 Å². The number of alkyl halides is 3. The van der Waals surface area contributed by atoms with E-state index in [0.29, 0.717) is 18.4 Å². The Morgan fingerprint density at radius 3 is 2.51 bits per heavy atom. The molecule has 5 rings (SSSR count). The zero-order valence-electron chi connectivity index (χ0n) is 24.0. The van der Waals surface area contributed by atoms with Gasteiger partial charge >= 0.3 is 18.1 Å². The van der Waals surface area contributed by atoms with Crippen LogP contribution in [0, 0.1) is 12.7 Å². The third-order valence-corrected chi connectivity index (χ3v) is 6.74. The number of carbonyl (C=O) groups is 3. The maximum atomic E-state index is 13.9. The Hall–Kier alpha value is -4.60. The molecule has 3 heterocycles.